The smallest absolute Gasteiger partial charge is 0.341 e. The molecule has 0 saturated carbocycles. The zero-order chi connectivity index (χ0) is 11.4. The van der Waals surface area contributed by atoms with Gasteiger partial charge in [0.15, 0.2) is 5.78 Å². The highest BCUT2D eigenvalue weighted by atomic mass is 35.5. The van der Waals surface area contributed by atoms with Crippen LogP contribution in [0.15, 0.2) is 11.6 Å². The number of Topliss-reactive ketones (excluding diaryl/α,β-unsaturated/α-hetero) is 1. The number of ketones is 1. The minimum absolute atomic E-state index is 0.00919. The van der Waals surface area contributed by atoms with E-state index >= 15 is 0 Å². The van der Waals surface area contributed by atoms with Gasteiger partial charge in [-0.3, -0.25) is 4.79 Å². The SMILES string of the molecule is C/C=C(/C(=O)CCl)C(=O)OC(C)(C)C. The van der Waals surface area contributed by atoms with Crippen molar-refractivity contribution in [3.63, 3.8) is 0 Å². The van der Waals surface area contributed by atoms with Gasteiger partial charge in [0.1, 0.15) is 5.60 Å². The molecule has 0 rings (SSSR count). The highest BCUT2D eigenvalue weighted by molar-refractivity contribution is 6.34. The van der Waals surface area contributed by atoms with E-state index in [2.05, 4.69) is 0 Å². The van der Waals surface area contributed by atoms with Crippen LogP contribution in [0.1, 0.15) is 27.7 Å². The molecule has 0 amide bonds. The highest BCUT2D eigenvalue weighted by Gasteiger charge is 2.23. The highest BCUT2D eigenvalue weighted by Crippen LogP contribution is 2.11. The molecule has 0 spiro atoms. The van der Waals surface area contributed by atoms with Crippen LogP contribution in [0.5, 0.6) is 0 Å². The van der Waals surface area contributed by atoms with Crippen molar-refractivity contribution in [2.45, 2.75) is 33.3 Å². The van der Waals surface area contributed by atoms with Gasteiger partial charge in [-0.15, -0.1) is 11.6 Å². The average Bonchev–Trinajstić information content (AvgIpc) is 2.01. The molecule has 80 valence electrons. The topological polar surface area (TPSA) is 43.4 Å². The molecule has 0 atom stereocenters. The third-order valence-electron chi connectivity index (χ3n) is 1.33. The van der Waals surface area contributed by atoms with Crippen LogP contribution in [0.25, 0.3) is 0 Å². The summed E-state index contributed by atoms with van der Waals surface area (Å²) in [6.07, 6.45) is 1.42. The van der Waals surface area contributed by atoms with Gasteiger partial charge in [-0.05, 0) is 27.7 Å². The Balaban J connectivity index is 4.59. The van der Waals surface area contributed by atoms with Crippen molar-refractivity contribution >= 4 is 23.4 Å². The zero-order valence-electron chi connectivity index (χ0n) is 8.89. The Morgan fingerprint density at radius 1 is 1.36 bits per heavy atom. The van der Waals surface area contributed by atoms with Crippen LogP contribution in [0.3, 0.4) is 0 Å². The summed E-state index contributed by atoms with van der Waals surface area (Å²) in [6.45, 7) is 6.82. The first-order chi connectivity index (χ1) is 6.31. The zero-order valence-corrected chi connectivity index (χ0v) is 9.64. The molecular weight excluding hydrogens is 204 g/mol. The van der Waals surface area contributed by atoms with Crippen LogP contribution in [0.4, 0.5) is 0 Å². The third-order valence-corrected chi connectivity index (χ3v) is 1.57. The average molecular weight is 219 g/mol. The number of carbonyl (C=O) groups excluding carboxylic acids is 2. The minimum atomic E-state index is -0.620. The molecule has 0 aliphatic heterocycles. The lowest BCUT2D eigenvalue weighted by Crippen LogP contribution is -2.27. The van der Waals surface area contributed by atoms with Crippen LogP contribution in [0, 0.1) is 0 Å². The quantitative estimate of drug-likeness (QED) is 0.240. The predicted octanol–water partition coefficient (Wildman–Crippen LogP) is 2.08. The second-order valence-corrected chi connectivity index (χ2v) is 4.03. The number of alkyl halides is 1. The van der Waals surface area contributed by atoms with Crippen molar-refractivity contribution < 1.29 is 14.3 Å². The van der Waals surface area contributed by atoms with Crippen LogP contribution < -0.4 is 0 Å². The predicted molar refractivity (Wildman–Crippen MR) is 55.3 cm³/mol. The number of hydrogen-bond donors (Lipinski definition) is 0. The van der Waals surface area contributed by atoms with E-state index < -0.39 is 17.4 Å². The lowest BCUT2D eigenvalue weighted by Gasteiger charge is -2.19. The van der Waals surface area contributed by atoms with Crippen molar-refractivity contribution in [3.05, 3.63) is 11.6 Å². The van der Waals surface area contributed by atoms with Crippen LogP contribution in [0.2, 0.25) is 0 Å². The summed E-state index contributed by atoms with van der Waals surface area (Å²) in [5, 5.41) is 0. The molecule has 14 heavy (non-hydrogen) atoms. The molecule has 0 heterocycles. The molecule has 0 aliphatic carbocycles. The fourth-order valence-corrected chi connectivity index (χ4v) is 0.942. The standard InChI is InChI=1S/C10H15ClO3/c1-5-7(8(12)6-11)9(13)14-10(2,3)4/h5H,6H2,1-4H3/b7-5-. The van der Waals surface area contributed by atoms with Gasteiger partial charge < -0.3 is 4.74 Å². The van der Waals surface area contributed by atoms with E-state index in [9.17, 15) is 9.59 Å². The monoisotopic (exact) mass is 218 g/mol. The van der Waals surface area contributed by atoms with E-state index in [1.165, 1.54) is 6.08 Å². The number of esters is 1. The molecule has 0 fully saturated rings. The van der Waals surface area contributed by atoms with Gasteiger partial charge in [0.05, 0.1) is 11.5 Å². The number of ether oxygens (including phenoxy) is 1. The van der Waals surface area contributed by atoms with Crippen molar-refractivity contribution in [1.29, 1.82) is 0 Å². The summed E-state index contributed by atoms with van der Waals surface area (Å²) in [4.78, 5) is 22.6. The van der Waals surface area contributed by atoms with E-state index in [4.69, 9.17) is 16.3 Å². The maximum absolute atomic E-state index is 11.4. The molecule has 0 bridgehead atoms. The van der Waals surface area contributed by atoms with E-state index in [1.807, 2.05) is 0 Å². The largest absolute Gasteiger partial charge is 0.456 e. The van der Waals surface area contributed by atoms with Crippen molar-refractivity contribution in [3.8, 4) is 0 Å². The van der Waals surface area contributed by atoms with E-state index in [0.717, 1.165) is 0 Å². The molecule has 0 aromatic carbocycles. The number of hydrogen-bond acceptors (Lipinski definition) is 3. The minimum Gasteiger partial charge on any atom is -0.456 e. The molecule has 0 aliphatic rings. The number of carbonyl (C=O) groups is 2. The molecule has 0 saturated heterocycles. The summed E-state index contributed by atoms with van der Waals surface area (Å²) in [5.74, 6) is -1.24. The second kappa shape index (κ2) is 5.15. The summed E-state index contributed by atoms with van der Waals surface area (Å²) >= 11 is 5.34. The van der Waals surface area contributed by atoms with Gasteiger partial charge in [0, 0.05) is 0 Å². The Morgan fingerprint density at radius 3 is 2.14 bits per heavy atom. The van der Waals surface area contributed by atoms with Crippen molar-refractivity contribution in [2.24, 2.45) is 0 Å². The lowest BCUT2D eigenvalue weighted by atomic mass is 10.1. The van der Waals surface area contributed by atoms with Crippen molar-refractivity contribution in [1.82, 2.24) is 0 Å². The molecule has 4 heteroatoms. The van der Waals surface area contributed by atoms with Gasteiger partial charge in [-0.2, -0.15) is 0 Å². The van der Waals surface area contributed by atoms with E-state index in [1.54, 1.807) is 27.7 Å². The summed E-state index contributed by atoms with van der Waals surface area (Å²) in [7, 11) is 0. The normalized spacial score (nSPS) is 12.5. The van der Waals surface area contributed by atoms with Gasteiger partial charge in [-0.25, -0.2) is 4.79 Å². The van der Waals surface area contributed by atoms with Crippen molar-refractivity contribution in [2.75, 3.05) is 5.88 Å². The Labute approximate surface area is 89.1 Å². The number of halogens is 1. The molecule has 0 aromatic rings. The first-order valence-electron chi connectivity index (χ1n) is 4.30. The Hall–Kier alpha value is -0.830. The van der Waals surface area contributed by atoms with Gasteiger partial charge in [0.2, 0.25) is 0 Å². The van der Waals surface area contributed by atoms with Gasteiger partial charge in [-0.1, -0.05) is 6.08 Å². The fraction of sp³-hybridized carbons (Fsp3) is 0.600. The maximum atomic E-state index is 11.4. The fourth-order valence-electron chi connectivity index (χ4n) is 0.798. The molecule has 0 radical (unpaired) electrons. The first kappa shape index (κ1) is 13.2. The second-order valence-electron chi connectivity index (χ2n) is 3.76. The Bertz CT molecular complexity index is 261. The van der Waals surface area contributed by atoms with Gasteiger partial charge in [0.25, 0.3) is 0 Å². The Kier molecular flexibility index (Phi) is 4.85. The lowest BCUT2D eigenvalue weighted by molar-refractivity contribution is -0.150. The molecular formula is C10H15ClO3. The number of allylic oxidation sites excluding steroid dienone is 1. The van der Waals surface area contributed by atoms with Gasteiger partial charge >= 0.3 is 5.97 Å². The molecule has 3 nitrogen and oxygen atoms in total. The van der Waals surface area contributed by atoms with Crippen LogP contribution in [-0.4, -0.2) is 23.2 Å². The van der Waals surface area contributed by atoms with E-state index in [-0.39, 0.29) is 11.5 Å². The summed E-state index contributed by atoms with van der Waals surface area (Å²) in [5.41, 5.74) is -0.590. The van der Waals surface area contributed by atoms with Crippen LogP contribution in [-0.2, 0) is 14.3 Å². The molecule has 0 aromatic heterocycles. The Morgan fingerprint density at radius 2 is 1.86 bits per heavy atom. The molecule has 0 unspecified atom stereocenters. The third kappa shape index (κ3) is 4.42. The summed E-state index contributed by atoms with van der Waals surface area (Å²) in [6, 6.07) is 0. The first-order valence-corrected chi connectivity index (χ1v) is 4.84. The molecule has 0 N–H and O–H groups in total. The number of rotatable bonds is 3. The summed E-state index contributed by atoms with van der Waals surface area (Å²) < 4.78 is 5.03. The van der Waals surface area contributed by atoms with E-state index in [0.29, 0.717) is 0 Å². The van der Waals surface area contributed by atoms with Crippen LogP contribution >= 0.6 is 11.6 Å². The maximum Gasteiger partial charge on any atom is 0.341 e.